The van der Waals surface area contributed by atoms with Crippen LogP contribution >= 0.6 is 0 Å². The molecule has 1 saturated heterocycles. The summed E-state index contributed by atoms with van der Waals surface area (Å²) < 4.78 is 0. The molecule has 0 radical (unpaired) electrons. The molecular weight excluding hydrogens is 198 g/mol. The molecule has 0 spiro atoms. The van der Waals surface area contributed by atoms with Crippen LogP contribution < -0.4 is 11.4 Å². The lowest BCUT2D eigenvalue weighted by molar-refractivity contribution is -0.151. The van der Waals surface area contributed by atoms with Crippen LogP contribution in [0.15, 0.2) is 0 Å². The summed E-state index contributed by atoms with van der Waals surface area (Å²) >= 11 is 0. The summed E-state index contributed by atoms with van der Waals surface area (Å²) in [5, 5.41) is 9.19. The molecule has 6 nitrogen and oxygen atoms in total. The summed E-state index contributed by atoms with van der Waals surface area (Å²) in [5.41, 5.74) is 1.86. The Labute approximate surface area is 89.3 Å². The Morgan fingerprint density at radius 3 is 3.07 bits per heavy atom. The number of hydrazine groups is 1. The molecule has 1 aliphatic heterocycles. The van der Waals surface area contributed by atoms with E-state index in [9.17, 15) is 9.90 Å². The molecule has 0 saturated carbocycles. The van der Waals surface area contributed by atoms with Crippen molar-refractivity contribution in [2.75, 3.05) is 19.7 Å². The highest BCUT2D eigenvalue weighted by molar-refractivity contribution is 5.69. The lowest BCUT2D eigenvalue weighted by Crippen LogP contribution is -2.37. The third kappa shape index (κ3) is 3.42. The highest BCUT2D eigenvalue weighted by Crippen LogP contribution is 2.23. The van der Waals surface area contributed by atoms with Crippen LogP contribution in [0.1, 0.15) is 19.8 Å². The number of aliphatic hydroxyl groups excluding tert-OH is 1. The Morgan fingerprint density at radius 1 is 1.73 bits per heavy atom. The zero-order chi connectivity index (χ0) is 11.3. The number of likely N-dealkylation sites (tertiary alicyclic amines) is 1. The molecule has 0 bridgehead atoms. The molecule has 0 aliphatic carbocycles. The lowest BCUT2D eigenvalue weighted by atomic mass is 10.0. The van der Waals surface area contributed by atoms with Crippen molar-refractivity contribution in [2.24, 2.45) is 11.8 Å². The van der Waals surface area contributed by atoms with Crippen molar-refractivity contribution >= 4 is 5.97 Å². The minimum Gasteiger partial charge on any atom is -0.395 e. The monoisotopic (exact) mass is 217 g/mol. The molecule has 1 aliphatic rings. The molecule has 1 rings (SSSR count). The van der Waals surface area contributed by atoms with E-state index in [-0.39, 0.29) is 25.0 Å². The highest BCUT2D eigenvalue weighted by atomic mass is 16.7. The maximum atomic E-state index is 11.0. The highest BCUT2D eigenvalue weighted by Gasteiger charge is 2.30. The Kier molecular flexibility index (Phi) is 4.97. The van der Waals surface area contributed by atoms with Gasteiger partial charge in [-0.15, -0.1) is 0 Å². The smallest absolute Gasteiger partial charge is 0.327 e. The van der Waals surface area contributed by atoms with Gasteiger partial charge in [0, 0.05) is 12.6 Å². The van der Waals surface area contributed by atoms with E-state index in [2.05, 4.69) is 16.7 Å². The second kappa shape index (κ2) is 6.02. The number of rotatable bonds is 5. The van der Waals surface area contributed by atoms with Gasteiger partial charge in [-0.1, -0.05) is 12.5 Å². The molecule has 0 aromatic heterocycles. The summed E-state index contributed by atoms with van der Waals surface area (Å²) in [4.78, 5) is 17.5. The maximum Gasteiger partial charge on any atom is 0.327 e. The predicted molar refractivity (Wildman–Crippen MR) is 54.3 cm³/mol. The van der Waals surface area contributed by atoms with Crippen LogP contribution in [0.25, 0.3) is 0 Å². The van der Waals surface area contributed by atoms with Crippen molar-refractivity contribution in [3.05, 3.63) is 0 Å². The van der Waals surface area contributed by atoms with Gasteiger partial charge in [0.15, 0.2) is 0 Å². The van der Waals surface area contributed by atoms with Crippen LogP contribution in [0.4, 0.5) is 0 Å². The molecule has 88 valence electrons. The second-order valence-electron chi connectivity index (χ2n) is 3.89. The second-order valence-corrected chi connectivity index (χ2v) is 3.89. The van der Waals surface area contributed by atoms with Gasteiger partial charge in [0.2, 0.25) is 0 Å². The molecule has 1 fully saturated rings. The zero-order valence-corrected chi connectivity index (χ0v) is 8.98. The van der Waals surface area contributed by atoms with Crippen LogP contribution in [-0.4, -0.2) is 41.7 Å². The fourth-order valence-corrected chi connectivity index (χ4v) is 2.01. The average molecular weight is 217 g/mol. The van der Waals surface area contributed by atoms with E-state index in [0.29, 0.717) is 12.5 Å². The molecule has 6 heteroatoms. The summed E-state index contributed by atoms with van der Waals surface area (Å²) in [6.45, 7) is 3.79. The minimum absolute atomic E-state index is 0.144. The van der Waals surface area contributed by atoms with Crippen LogP contribution in [-0.2, 0) is 9.63 Å². The van der Waals surface area contributed by atoms with E-state index < -0.39 is 0 Å². The molecule has 2 atom stereocenters. The van der Waals surface area contributed by atoms with Gasteiger partial charge in [-0.3, -0.25) is 9.69 Å². The van der Waals surface area contributed by atoms with Crippen LogP contribution in [0.3, 0.4) is 0 Å². The van der Waals surface area contributed by atoms with E-state index in [4.69, 9.17) is 5.84 Å². The Morgan fingerprint density at radius 2 is 2.47 bits per heavy atom. The number of hydrogen-bond donors (Lipinski definition) is 3. The first-order chi connectivity index (χ1) is 7.19. The number of nitrogens with one attached hydrogen (secondary N) is 1. The molecule has 0 aromatic carbocycles. The first-order valence-electron chi connectivity index (χ1n) is 5.19. The fraction of sp³-hybridized carbons (Fsp3) is 0.889. The van der Waals surface area contributed by atoms with E-state index in [1.807, 2.05) is 5.59 Å². The standard InChI is InChI=1S/C9H19N3O3/c1-7-2-4-12(8(7)6-13)5-3-9(14)15-11-10/h7-8,11,13H,2-6,10H2,1H3. The van der Waals surface area contributed by atoms with Gasteiger partial charge in [0.05, 0.1) is 13.0 Å². The normalized spacial score (nSPS) is 26.9. The molecular formula is C9H19N3O3. The van der Waals surface area contributed by atoms with Gasteiger partial charge in [-0.05, 0) is 18.9 Å². The summed E-state index contributed by atoms with van der Waals surface area (Å²) in [7, 11) is 0. The van der Waals surface area contributed by atoms with Crippen molar-refractivity contribution in [1.29, 1.82) is 0 Å². The minimum atomic E-state index is -0.381. The van der Waals surface area contributed by atoms with Crippen LogP contribution in [0, 0.1) is 5.92 Å². The largest absolute Gasteiger partial charge is 0.395 e. The maximum absolute atomic E-state index is 11.0. The van der Waals surface area contributed by atoms with Gasteiger partial charge >= 0.3 is 5.97 Å². The summed E-state index contributed by atoms with van der Waals surface area (Å²) in [5.74, 6) is 4.95. The SMILES string of the molecule is CC1CCN(CCC(=O)ONN)C1CO. The molecule has 4 N–H and O–H groups in total. The molecule has 2 unspecified atom stereocenters. The van der Waals surface area contributed by atoms with E-state index in [1.54, 1.807) is 0 Å². The van der Waals surface area contributed by atoms with E-state index >= 15 is 0 Å². The number of carbonyl (C=O) groups excluding carboxylic acids is 1. The van der Waals surface area contributed by atoms with Gasteiger partial charge in [0.1, 0.15) is 0 Å². The van der Waals surface area contributed by atoms with Gasteiger partial charge in [-0.2, -0.15) is 0 Å². The summed E-state index contributed by atoms with van der Waals surface area (Å²) in [6.07, 6.45) is 1.35. The molecule has 0 aromatic rings. The van der Waals surface area contributed by atoms with Crippen molar-refractivity contribution in [1.82, 2.24) is 10.5 Å². The number of carbonyl (C=O) groups is 1. The lowest BCUT2D eigenvalue weighted by Gasteiger charge is -2.24. The Hall–Kier alpha value is -0.690. The number of nitrogens with two attached hydrogens (primary N) is 1. The third-order valence-electron chi connectivity index (χ3n) is 2.96. The van der Waals surface area contributed by atoms with Crippen LogP contribution in [0.5, 0.6) is 0 Å². The average Bonchev–Trinajstić information content (AvgIpc) is 2.56. The Balaban J connectivity index is 2.29. The number of hydrogen-bond acceptors (Lipinski definition) is 6. The van der Waals surface area contributed by atoms with Gasteiger partial charge in [0.25, 0.3) is 0 Å². The first-order valence-corrected chi connectivity index (χ1v) is 5.19. The molecule has 1 heterocycles. The Bertz CT molecular complexity index is 213. The van der Waals surface area contributed by atoms with Gasteiger partial charge in [-0.25, -0.2) is 5.84 Å². The van der Waals surface area contributed by atoms with Crippen molar-refractivity contribution in [2.45, 2.75) is 25.8 Å². The number of aliphatic hydroxyl groups is 1. The zero-order valence-electron chi connectivity index (χ0n) is 8.98. The first kappa shape index (κ1) is 12.4. The van der Waals surface area contributed by atoms with E-state index in [0.717, 1.165) is 13.0 Å². The van der Waals surface area contributed by atoms with Crippen molar-refractivity contribution in [3.63, 3.8) is 0 Å². The number of nitrogens with zero attached hydrogens (tertiary/aromatic N) is 1. The topological polar surface area (TPSA) is 87.8 Å². The molecule has 15 heavy (non-hydrogen) atoms. The predicted octanol–water partition coefficient (Wildman–Crippen LogP) is -0.999. The quantitative estimate of drug-likeness (QED) is 0.404. The van der Waals surface area contributed by atoms with Crippen molar-refractivity contribution < 1.29 is 14.7 Å². The fourth-order valence-electron chi connectivity index (χ4n) is 2.01. The molecule has 0 amide bonds. The third-order valence-corrected chi connectivity index (χ3v) is 2.96. The van der Waals surface area contributed by atoms with Crippen molar-refractivity contribution in [3.8, 4) is 0 Å². The van der Waals surface area contributed by atoms with Gasteiger partial charge < -0.3 is 9.94 Å². The van der Waals surface area contributed by atoms with E-state index in [1.165, 1.54) is 0 Å². The van der Waals surface area contributed by atoms with Crippen LogP contribution in [0.2, 0.25) is 0 Å². The summed E-state index contributed by atoms with van der Waals surface area (Å²) in [6, 6.07) is 0.170.